The molecule has 0 saturated carbocycles. The van der Waals surface area contributed by atoms with Gasteiger partial charge < -0.3 is 24.2 Å². The largest absolute Gasteiger partial charge is 1.00 e. The van der Waals surface area contributed by atoms with Gasteiger partial charge in [0.1, 0.15) is 5.65 Å². The number of hydrogen-bond acceptors (Lipinski definition) is 5. The smallest absolute Gasteiger partial charge is 0.545 e. The van der Waals surface area contributed by atoms with Gasteiger partial charge in [0.25, 0.3) is 5.91 Å². The van der Waals surface area contributed by atoms with Crippen LogP contribution in [0.3, 0.4) is 0 Å². The number of nitrogens with one attached hydrogen (secondary N) is 1. The number of rotatable bonds is 4. The van der Waals surface area contributed by atoms with Crippen molar-refractivity contribution in [2.45, 2.75) is 0 Å². The van der Waals surface area contributed by atoms with Crippen molar-refractivity contribution in [3.63, 3.8) is 0 Å². The fourth-order valence-electron chi connectivity index (χ4n) is 2.55. The van der Waals surface area contributed by atoms with E-state index in [1.165, 1.54) is 24.3 Å². The summed E-state index contributed by atoms with van der Waals surface area (Å²) in [4.78, 5) is 31.4. The first kappa shape index (κ1) is 19.5. The molecule has 0 atom stereocenters. The summed E-state index contributed by atoms with van der Waals surface area (Å²) < 4.78 is 3.65. The first-order valence-electron chi connectivity index (χ1n) is 7.70. The number of carbonyl (C=O) groups excluding carboxylic acids is 2. The average Bonchev–Trinajstić information content (AvgIpc) is 3.30. The number of aromatic carboxylic acids is 1. The van der Waals surface area contributed by atoms with Gasteiger partial charge in [0, 0.05) is 24.2 Å². The second kappa shape index (κ2) is 8.15. The van der Waals surface area contributed by atoms with Crippen LogP contribution < -0.4 is 61.8 Å². The molecule has 3 aromatic heterocycles. The monoisotopic (exact) mass is 385 g/mol. The van der Waals surface area contributed by atoms with Crippen LogP contribution in [0.4, 0.5) is 5.82 Å². The molecular formula is C18H12KN5O3. The van der Waals surface area contributed by atoms with Crippen LogP contribution in [0.2, 0.25) is 0 Å². The standard InChI is InChI=1S/C18H13N5O3.K/c24-17(12-1-3-13(4-2-12)18(25)26)21-15-10-23-9-14(5-6-16(23)20-15)22-8-7-19-11-22;/h1-11H,(H,21,24)(H,25,26);/q;+1/p-1. The van der Waals surface area contributed by atoms with E-state index in [1.807, 2.05) is 29.1 Å². The van der Waals surface area contributed by atoms with Gasteiger partial charge in [-0.15, -0.1) is 0 Å². The van der Waals surface area contributed by atoms with Gasteiger partial charge in [-0.3, -0.25) is 4.79 Å². The minimum absolute atomic E-state index is 0. The number of anilines is 1. The molecule has 1 amide bonds. The normalized spacial score (nSPS) is 10.4. The molecule has 4 rings (SSSR count). The maximum absolute atomic E-state index is 12.3. The van der Waals surface area contributed by atoms with E-state index in [4.69, 9.17) is 0 Å². The molecule has 0 radical (unpaired) electrons. The molecule has 3 heterocycles. The van der Waals surface area contributed by atoms with Crippen molar-refractivity contribution >= 4 is 23.3 Å². The number of carboxylic acid groups (broad SMARTS) is 1. The first-order chi connectivity index (χ1) is 12.6. The zero-order valence-electron chi connectivity index (χ0n) is 14.4. The third-order valence-corrected chi connectivity index (χ3v) is 3.86. The Morgan fingerprint density at radius 2 is 1.74 bits per heavy atom. The SMILES string of the molecule is O=C([O-])c1ccc(C(=O)Nc2cn3cc(-n4ccnc4)ccc3n2)cc1.[K+]. The van der Waals surface area contributed by atoms with Crippen LogP contribution in [0.5, 0.6) is 0 Å². The van der Waals surface area contributed by atoms with Crippen LogP contribution in [-0.2, 0) is 0 Å². The molecule has 0 aliphatic heterocycles. The Balaban J connectivity index is 0.00000210. The molecule has 1 aromatic carbocycles. The molecule has 0 saturated heterocycles. The van der Waals surface area contributed by atoms with Gasteiger partial charge in [-0.1, -0.05) is 12.1 Å². The Hall–Kier alpha value is -2.30. The number of amides is 1. The molecule has 0 spiro atoms. The third-order valence-electron chi connectivity index (χ3n) is 3.86. The second-order valence-corrected chi connectivity index (χ2v) is 5.57. The van der Waals surface area contributed by atoms with Crippen molar-refractivity contribution in [3.05, 3.63) is 78.6 Å². The third kappa shape index (κ3) is 4.17. The summed E-state index contributed by atoms with van der Waals surface area (Å²) in [6.07, 6.45) is 8.78. The minimum atomic E-state index is -1.29. The molecule has 128 valence electrons. The zero-order valence-corrected chi connectivity index (χ0v) is 17.5. The molecule has 8 nitrogen and oxygen atoms in total. The van der Waals surface area contributed by atoms with E-state index in [1.54, 1.807) is 23.1 Å². The number of nitrogens with zero attached hydrogens (tertiary/aromatic N) is 4. The molecule has 9 heteroatoms. The number of fused-ring (bicyclic) bond motifs is 1. The predicted molar refractivity (Wildman–Crippen MR) is 91.0 cm³/mol. The van der Waals surface area contributed by atoms with Gasteiger partial charge in [0.15, 0.2) is 5.82 Å². The summed E-state index contributed by atoms with van der Waals surface area (Å²) in [6, 6.07) is 9.23. The predicted octanol–water partition coefficient (Wildman–Crippen LogP) is -1.86. The second-order valence-electron chi connectivity index (χ2n) is 5.57. The molecule has 1 N–H and O–H groups in total. The van der Waals surface area contributed by atoms with Gasteiger partial charge in [0.05, 0.1) is 24.2 Å². The Labute approximate surface area is 196 Å². The Morgan fingerprint density at radius 3 is 2.41 bits per heavy atom. The van der Waals surface area contributed by atoms with E-state index in [0.717, 1.165) is 5.69 Å². The van der Waals surface area contributed by atoms with Crippen molar-refractivity contribution in [1.82, 2.24) is 18.9 Å². The molecule has 0 fully saturated rings. The van der Waals surface area contributed by atoms with Gasteiger partial charge in [-0.2, -0.15) is 0 Å². The molecule has 4 aromatic rings. The summed E-state index contributed by atoms with van der Waals surface area (Å²) in [5, 5.41) is 13.5. The summed E-state index contributed by atoms with van der Waals surface area (Å²) in [6.45, 7) is 0. The van der Waals surface area contributed by atoms with Crippen LogP contribution in [0.25, 0.3) is 11.3 Å². The molecule has 0 aliphatic carbocycles. The van der Waals surface area contributed by atoms with Gasteiger partial charge in [0.2, 0.25) is 0 Å². The van der Waals surface area contributed by atoms with Gasteiger partial charge in [-0.05, 0) is 29.8 Å². The quantitative estimate of drug-likeness (QED) is 0.415. The summed E-state index contributed by atoms with van der Waals surface area (Å²) in [7, 11) is 0. The number of hydrogen-bond donors (Lipinski definition) is 1. The van der Waals surface area contributed by atoms with E-state index < -0.39 is 5.97 Å². The van der Waals surface area contributed by atoms with E-state index in [0.29, 0.717) is 17.0 Å². The average molecular weight is 385 g/mol. The Morgan fingerprint density at radius 1 is 1.00 bits per heavy atom. The van der Waals surface area contributed by atoms with Crippen molar-refractivity contribution in [3.8, 4) is 5.69 Å². The van der Waals surface area contributed by atoms with E-state index >= 15 is 0 Å². The molecular weight excluding hydrogens is 373 g/mol. The van der Waals surface area contributed by atoms with Gasteiger partial charge >= 0.3 is 51.4 Å². The summed E-state index contributed by atoms with van der Waals surface area (Å²) in [5.74, 6) is -1.28. The van der Waals surface area contributed by atoms with E-state index in [9.17, 15) is 14.7 Å². The van der Waals surface area contributed by atoms with Crippen molar-refractivity contribution in [1.29, 1.82) is 0 Å². The fraction of sp³-hybridized carbons (Fsp3) is 0. The molecule has 0 unspecified atom stereocenters. The van der Waals surface area contributed by atoms with Crippen LogP contribution in [0.1, 0.15) is 20.7 Å². The Bertz CT molecular complexity index is 1100. The number of benzene rings is 1. The number of aromatic nitrogens is 4. The van der Waals surface area contributed by atoms with Crippen molar-refractivity contribution in [2.75, 3.05) is 5.32 Å². The number of imidazole rings is 2. The van der Waals surface area contributed by atoms with E-state index in [-0.39, 0.29) is 62.9 Å². The summed E-state index contributed by atoms with van der Waals surface area (Å²) >= 11 is 0. The first-order valence-corrected chi connectivity index (χ1v) is 7.70. The van der Waals surface area contributed by atoms with Crippen molar-refractivity contribution in [2.24, 2.45) is 0 Å². The maximum atomic E-state index is 12.3. The van der Waals surface area contributed by atoms with Crippen molar-refractivity contribution < 1.29 is 66.1 Å². The van der Waals surface area contributed by atoms with Crippen LogP contribution in [0, 0.1) is 0 Å². The number of carboxylic acids is 1. The van der Waals surface area contributed by atoms with E-state index in [2.05, 4.69) is 15.3 Å². The summed E-state index contributed by atoms with van der Waals surface area (Å²) in [5.41, 5.74) is 1.92. The van der Waals surface area contributed by atoms with Crippen LogP contribution in [-0.4, -0.2) is 30.8 Å². The minimum Gasteiger partial charge on any atom is -0.545 e. The van der Waals surface area contributed by atoms with Gasteiger partial charge in [-0.25, -0.2) is 9.97 Å². The fourth-order valence-corrected chi connectivity index (χ4v) is 2.55. The number of pyridine rings is 1. The number of carbonyl (C=O) groups is 2. The molecule has 0 bridgehead atoms. The topological polar surface area (TPSA) is 104 Å². The Kier molecular flexibility index (Phi) is 5.87. The zero-order chi connectivity index (χ0) is 18.1. The molecule has 27 heavy (non-hydrogen) atoms. The van der Waals surface area contributed by atoms with Crippen LogP contribution >= 0.6 is 0 Å². The maximum Gasteiger partial charge on any atom is 1.00 e. The molecule has 0 aliphatic rings. The van der Waals surface area contributed by atoms with Crippen LogP contribution in [0.15, 0.2) is 67.5 Å².